The number of hydrogen-bond donors (Lipinski definition) is 1. The first kappa shape index (κ1) is 18.3. The zero-order valence-electron chi connectivity index (χ0n) is 15.3. The lowest BCUT2D eigenvalue weighted by molar-refractivity contribution is 0.0951. The molecule has 1 aromatic heterocycles. The Kier molecular flexibility index (Phi) is 5.78. The number of nitrogens with zero attached hydrogens (tertiary/aromatic N) is 2. The van der Waals surface area contributed by atoms with E-state index in [0.717, 1.165) is 28.4 Å². The average molecular weight is 366 g/mol. The molecule has 5 heteroatoms. The number of thioether (sulfide) groups is 1. The van der Waals surface area contributed by atoms with E-state index in [9.17, 15) is 4.79 Å². The van der Waals surface area contributed by atoms with Crippen LogP contribution in [0.1, 0.15) is 32.9 Å². The third-order valence-electron chi connectivity index (χ3n) is 4.48. The number of aryl methyl sites for hydroxylation is 1. The molecule has 26 heavy (non-hydrogen) atoms. The van der Waals surface area contributed by atoms with Gasteiger partial charge in [0.15, 0.2) is 0 Å². The summed E-state index contributed by atoms with van der Waals surface area (Å²) in [6.45, 7) is 5.26. The smallest absolute Gasteiger partial charge is 0.251 e. The van der Waals surface area contributed by atoms with E-state index in [4.69, 9.17) is 0 Å². The van der Waals surface area contributed by atoms with Gasteiger partial charge in [0.1, 0.15) is 0 Å². The van der Waals surface area contributed by atoms with Crippen LogP contribution in [0.5, 0.6) is 0 Å². The SMILES string of the molecule is CSc1ccc(C(=O)NCc2c(C)nn(Cc3ccccc3)c2C)cc1. The van der Waals surface area contributed by atoms with Gasteiger partial charge in [-0.2, -0.15) is 5.10 Å². The average Bonchev–Trinajstić information content (AvgIpc) is 2.93. The van der Waals surface area contributed by atoms with Gasteiger partial charge in [-0.25, -0.2) is 0 Å². The molecule has 1 heterocycles. The minimum absolute atomic E-state index is 0.0627. The van der Waals surface area contributed by atoms with Crippen LogP contribution in [-0.4, -0.2) is 21.9 Å². The second-order valence-corrected chi connectivity index (χ2v) is 7.08. The standard InChI is InChI=1S/C21H23N3OS/c1-15-20(13-22-21(25)18-9-11-19(26-3)12-10-18)16(2)24(23-15)14-17-7-5-4-6-8-17/h4-12H,13-14H2,1-3H3,(H,22,25). The molecule has 0 aliphatic heterocycles. The van der Waals surface area contributed by atoms with Gasteiger partial charge in [-0.3, -0.25) is 9.48 Å². The predicted octanol–water partition coefficient (Wildman–Crippen LogP) is 4.20. The minimum Gasteiger partial charge on any atom is -0.348 e. The first-order chi connectivity index (χ1) is 12.6. The fraction of sp³-hybridized carbons (Fsp3) is 0.238. The summed E-state index contributed by atoms with van der Waals surface area (Å²) in [4.78, 5) is 13.5. The summed E-state index contributed by atoms with van der Waals surface area (Å²) in [5.41, 5.74) is 5.01. The molecule has 0 unspecified atom stereocenters. The Morgan fingerprint density at radius 1 is 1.08 bits per heavy atom. The van der Waals surface area contributed by atoms with Crippen LogP contribution in [0.15, 0.2) is 59.5 Å². The largest absolute Gasteiger partial charge is 0.348 e. The summed E-state index contributed by atoms with van der Waals surface area (Å²) in [6, 6.07) is 17.9. The highest BCUT2D eigenvalue weighted by Gasteiger charge is 2.13. The number of rotatable bonds is 6. The first-order valence-electron chi connectivity index (χ1n) is 8.57. The van der Waals surface area contributed by atoms with Gasteiger partial charge in [0.05, 0.1) is 12.2 Å². The van der Waals surface area contributed by atoms with Gasteiger partial charge in [0, 0.05) is 28.3 Å². The number of carbonyl (C=O) groups excluding carboxylic acids is 1. The summed E-state index contributed by atoms with van der Waals surface area (Å²) < 4.78 is 2.00. The van der Waals surface area contributed by atoms with Crippen LogP contribution < -0.4 is 5.32 Å². The molecule has 1 amide bonds. The maximum Gasteiger partial charge on any atom is 0.251 e. The molecule has 134 valence electrons. The molecule has 1 N–H and O–H groups in total. The lowest BCUT2D eigenvalue weighted by Crippen LogP contribution is -2.23. The minimum atomic E-state index is -0.0627. The summed E-state index contributed by atoms with van der Waals surface area (Å²) in [6.07, 6.45) is 2.02. The second-order valence-electron chi connectivity index (χ2n) is 6.20. The van der Waals surface area contributed by atoms with Crippen LogP contribution in [-0.2, 0) is 13.1 Å². The van der Waals surface area contributed by atoms with Crippen molar-refractivity contribution in [2.75, 3.05) is 6.26 Å². The van der Waals surface area contributed by atoms with Gasteiger partial charge in [-0.15, -0.1) is 11.8 Å². The molecule has 0 fully saturated rings. The number of hydrogen-bond acceptors (Lipinski definition) is 3. The van der Waals surface area contributed by atoms with E-state index in [1.54, 1.807) is 11.8 Å². The number of carbonyl (C=O) groups is 1. The van der Waals surface area contributed by atoms with Crippen molar-refractivity contribution in [3.63, 3.8) is 0 Å². The predicted molar refractivity (Wildman–Crippen MR) is 107 cm³/mol. The highest BCUT2D eigenvalue weighted by molar-refractivity contribution is 7.98. The number of benzene rings is 2. The van der Waals surface area contributed by atoms with Crippen molar-refractivity contribution in [1.29, 1.82) is 0 Å². The molecular weight excluding hydrogens is 342 g/mol. The van der Waals surface area contributed by atoms with Gasteiger partial charge in [0.2, 0.25) is 0 Å². The van der Waals surface area contributed by atoms with Crippen LogP contribution >= 0.6 is 11.8 Å². The van der Waals surface area contributed by atoms with Crippen molar-refractivity contribution in [1.82, 2.24) is 15.1 Å². The van der Waals surface area contributed by atoms with E-state index in [2.05, 4.69) is 29.5 Å². The Labute approximate surface area is 158 Å². The maximum absolute atomic E-state index is 12.4. The lowest BCUT2D eigenvalue weighted by Gasteiger charge is -2.08. The van der Waals surface area contributed by atoms with Gasteiger partial charge >= 0.3 is 0 Å². The van der Waals surface area contributed by atoms with Crippen LogP contribution in [0.3, 0.4) is 0 Å². The van der Waals surface area contributed by atoms with E-state index in [1.165, 1.54) is 5.56 Å². The molecule has 0 atom stereocenters. The molecule has 3 aromatic rings. The summed E-state index contributed by atoms with van der Waals surface area (Å²) in [7, 11) is 0. The second kappa shape index (κ2) is 8.23. The molecule has 4 nitrogen and oxygen atoms in total. The molecule has 0 spiro atoms. The third-order valence-corrected chi connectivity index (χ3v) is 5.23. The molecule has 0 aliphatic carbocycles. The van der Waals surface area contributed by atoms with Crippen molar-refractivity contribution in [2.24, 2.45) is 0 Å². The Morgan fingerprint density at radius 3 is 2.42 bits per heavy atom. The number of aromatic nitrogens is 2. The van der Waals surface area contributed by atoms with Gasteiger partial charge in [-0.05, 0) is 49.9 Å². The summed E-state index contributed by atoms with van der Waals surface area (Å²) in [5, 5.41) is 7.65. The molecule has 3 rings (SSSR count). The highest BCUT2D eigenvalue weighted by Crippen LogP contribution is 2.16. The molecular formula is C21H23N3OS. The van der Waals surface area contributed by atoms with Crippen molar-refractivity contribution >= 4 is 17.7 Å². The monoisotopic (exact) mass is 365 g/mol. The van der Waals surface area contributed by atoms with E-state index in [1.807, 2.05) is 60.3 Å². The van der Waals surface area contributed by atoms with Crippen molar-refractivity contribution in [3.05, 3.63) is 82.7 Å². The van der Waals surface area contributed by atoms with E-state index in [0.29, 0.717) is 12.1 Å². The lowest BCUT2D eigenvalue weighted by atomic mass is 10.1. The molecule has 2 aromatic carbocycles. The van der Waals surface area contributed by atoms with Crippen molar-refractivity contribution in [2.45, 2.75) is 31.8 Å². The van der Waals surface area contributed by atoms with E-state index >= 15 is 0 Å². The van der Waals surface area contributed by atoms with Crippen LogP contribution in [0.2, 0.25) is 0 Å². The van der Waals surface area contributed by atoms with Gasteiger partial charge in [-0.1, -0.05) is 30.3 Å². The van der Waals surface area contributed by atoms with E-state index < -0.39 is 0 Å². The Balaban J connectivity index is 1.68. The third kappa shape index (κ3) is 4.17. The van der Waals surface area contributed by atoms with Crippen LogP contribution in [0.4, 0.5) is 0 Å². The number of nitrogens with one attached hydrogen (secondary N) is 1. The van der Waals surface area contributed by atoms with Crippen LogP contribution in [0, 0.1) is 13.8 Å². The number of amides is 1. The Hall–Kier alpha value is -2.53. The molecule has 0 aliphatic rings. The van der Waals surface area contributed by atoms with Crippen molar-refractivity contribution < 1.29 is 4.79 Å². The van der Waals surface area contributed by atoms with Crippen molar-refractivity contribution in [3.8, 4) is 0 Å². The van der Waals surface area contributed by atoms with Gasteiger partial charge < -0.3 is 5.32 Å². The fourth-order valence-corrected chi connectivity index (χ4v) is 3.32. The molecule has 0 saturated carbocycles. The molecule has 0 bridgehead atoms. The molecule has 0 radical (unpaired) electrons. The van der Waals surface area contributed by atoms with Crippen LogP contribution in [0.25, 0.3) is 0 Å². The van der Waals surface area contributed by atoms with E-state index in [-0.39, 0.29) is 5.91 Å². The fourth-order valence-electron chi connectivity index (χ4n) is 2.91. The summed E-state index contributed by atoms with van der Waals surface area (Å²) >= 11 is 1.66. The zero-order valence-corrected chi connectivity index (χ0v) is 16.1. The first-order valence-corrected chi connectivity index (χ1v) is 9.80. The topological polar surface area (TPSA) is 46.9 Å². The maximum atomic E-state index is 12.4. The summed E-state index contributed by atoms with van der Waals surface area (Å²) in [5.74, 6) is -0.0627. The molecule has 0 saturated heterocycles. The normalized spacial score (nSPS) is 10.7. The zero-order chi connectivity index (χ0) is 18.5. The van der Waals surface area contributed by atoms with Gasteiger partial charge in [0.25, 0.3) is 5.91 Å². The quantitative estimate of drug-likeness (QED) is 0.666. The highest BCUT2D eigenvalue weighted by atomic mass is 32.2. The Morgan fingerprint density at radius 2 is 1.77 bits per heavy atom. The Bertz CT molecular complexity index is 886.